The molecular formula is C12H17NO5S. The molecule has 0 bridgehead atoms. The Balaban J connectivity index is 2.64. The van der Waals surface area contributed by atoms with E-state index in [1.165, 1.54) is 23.3 Å². The van der Waals surface area contributed by atoms with E-state index < -0.39 is 18.4 Å². The third-order valence-corrected chi connectivity index (χ3v) is 3.54. The summed E-state index contributed by atoms with van der Waals surface area (Å²) in [6.45, 7) is 2.45. The van der Waals surface area contributed by atoms with Crippen molar-refractivity contribution in [1.82, 2.24) is 4.90 Å². The van der Waals surface area contributed by atoms with E-state index in [1.807, 2.05) is 17.5 Å². The molecule has 1 N–H and O–H groups in total. The molecule has 0 unspecified atom stereocenters. The molecule has 0 aliphatic rings. The fourth-order valence-electron chi connectivity index (χ4n) is 1.56. The van der Waals surface area contributed by atoms with Crippen molar-refractivity contribution in [3.63, 3.8) is 0 Å². The number of methoxy groups -OCH3 is 1. The zero-order valence-electron chi connectivity index (χ0n) is 10.9. The van der Waals surface area contributed by atoms with Crippen molar-refractivity contribution in [3.8, 4) is 0 Å². The van der Waals surface area contributed by atoms with E-state index in [9.17, 15) is 9.59 Å². The van der Waals surface area contributed by atoms with Crippen LogP contribution in [0.15, 0.2) is 17.5 Å². The average molecular weight is 287 g/mol. The van der Waals surface area contributed by atoms with E-state index in [0.717, 1.165) is 4.88 Å². The van der Waals surface area contributed by atoms with Crippen LogP contribution < -0.4 is 0 Å². The minimum Gasteiger partial charge on any atom is -0.465 e. The van der Waals surface area contributed by atoms with Gasteiger partial charge in [-0.2, -0.15) is 0 Å². The summed E-state index contributed by atoms with van der Waals surface area (Å²) in [7, 11) is 1.24. The molecule has 1 heterocycles. The van der Waals surface area contributed by atoms with Crippen molar-refractivity contribution < 1.29 is 24.2 Å². The Morgan fingerprint density at radius 2 is 2.26 bits per heavy atom. The highest BCUT2D eigenvalue weighted by atomic mass is 32.1. The smallest absolute Gasteiger partial charge is 0.465 e. The fourth-order valence-corrected chi connectivity index (χ4v) is 2.35. The van der Waals surface area contributed by atoms with Crippen LogP contribution >= 0.6 is 11.3 Å². The molecule has 0 fully saturated rings. The van der Waals surface area contributed by atoms with Gasteiger partial charge in [-0.3, -0.25) is 0 Å². The predicted octanol–water partition coefficient (Wildman–Crippen LogP) is 2.96. The van der Waals surface area contributed by atoms with E-state index in [1.54, 1.807) is 6.92 Å². The van der Waals surface area contributed by atoms with Crippen LogP contribution in [0.4, 0.5) is 9.59 Å². The molecule has 0 aliphatic carbocycles. The van der Waals surface area contributed by atoms with Crippen LogP contribution in [0.1, 0.15) is 24.3 Å². The molecule has 1 aromatic rings. The Hall–Kier alpha value is -1.76. The maximum absolute atomic E-state index is 11.2. The van der Waals surface area contributed by atoms with Gasteiger partial charge in [0.05, 0.1) is 7.11 Å². The Bertz CT molecular complexity index is 406. The number of ether oxygens (including phenoxy) is 2. The molecule has 1 aromatic heterocycles. The van der Waals surface area contributed by atoms with Gasteiger partial charge >= 0.3 is 12.2 Å². The quantitative estimate of drug-likeness (QED) is 0.814. The topological polar surface area (TPSA) is 76.1 Å². The summed E-state index contributed by atoms with van der Waals surface area (Å²) in [5.41, 5.74) is 0. The Morgan fingerprint density at radius 1 is 1.53 bits per heavy atom. The van der Waals surface area contributed by atoms with Crippen molar-refractivity contribution >= 4 is 23.6 Å². The summed E-state index contributed by atoms with van der Waals surface area (Å²) >= 11 is 1.45. The number of carboxylic acid groups (broad SMARTS) is 1. The molecule has 1 amide bonds. The van der Waals surface area contributed by atoms with Crippen molar-refractivity contribution in [1.29, 1.82) is 0 Å². The van der Waals surface area contributed by atoms with E-state index in [4.69, 9.17) is 9.84 Å². The second-order valence-corrected chi connectivity index (χ2v) is 4.71. The van der Waals surface area contributed by atoms with E-state index in [0.29, 0.717) is 19.5 Å². The summed E-state index contributed by atoms with van der Waals surface area (Å²) in [5, 5.41) is 10.8. The molecule has 0 saturated carbocycles. The third-order valence-electron chi connectivity index (χ3n) is 2.58. The van der Waals surface area contributed by atoms with Crippen LogP contribution in [0.5, 0.6) is 0 Å². The molecule has 0 aromatic carbocycles. The van der Waals surface area contributed by atoms with Gasteiger partial charge in [0.2, 0.25) is 0 Å². The Kier molecular flexibility index (Phi) is 6.14. The number of rotatable bonds is 6. The number of carbonyl (C=O) groups is 2. The molecule has 1 rings (SSSR count). The lowest BCUT2D eigenvalue weighted by Crippen LogP contribution is -2.31. The number of hydrogen-bond donors (Lipinski definition) is 1. The first-order chi connectivity index (χ1) is 9.08. The highest BCUT2D eigenvalue weighted by molar-refractivity contribution is 7.10. The van der Waals surface area contributed by atoms with Crippen LogP contribution in [-0.4, -0.2) is 42.5 Å². The number of nitrogens with zero attached hydrogens (tertiary/aromatic N) is 1. The molecule has 0 spiro atoms. The normalized spacial score (nSPS) is 11.7. The molecular weight excluding hydrogens is 270 g/mol. The molecule has 0 aliphatic heterocycles. The predicted molar refractivity (Wildman–Crippen MR) is 70.4 cm³/mol. The first-order valence-electron chi connectivity index (χ1n) is 5.84. The van der Waals surface area contributed by atoms with Crippen LogP contribution in [0.25, 0.3) is 0 Å². The molecule has 106 valence electrons. The standard InChI is InChI=1S/C12H17NO5S/c1-3-13(11(14)15)7-6-9(18-12(16)17-2)10-5-4-8-19-10/h4-5,8-9H,3,6-7H2,1-2H3,(H,14,15)/t9-/m0/s1. The molecule has 7 heteroatoms. The van der Waals surface area contributed by atoms with Crippen molar-refractivity contribution in [2.75, 3.05) is 20.2 Å². The summed E-state index contributed by atoms with van der Waals surface area (Å²) in [6.07, 6.45) is -1.83. The number of amides is 1. The van der Waals surface area contributed by atoms with Gasteiger partial charge in [0.1, 0.15) is 6.10 Å². The SMILES string of the molecule is CCN(CC[C@H](OC(=O)OC)c1cccs1)C(=O)O. The monoisotopic (exact) mass is 287 g/mol. The summed E-state index contributed by atoms with van der Waals surface area (Å²) in [4.78, 5) is 24.2. The van der Waals surface area contributed by atoms with Crippen molar-refractivity contribution in [2.24, 2.45) is 0 Å². The molecule has 1 atom stereocenters. The van der Waals surface area contributed by atoms with Crippen LogP contribution in [0, 0.1) is 0 Å². The molecule has 0 radical (unpaired) electrons. The first kappa shape index (κ1) is 15.3. The summed E-state index contributed by atoms with van der Waals surface area (Å²) < 4.78 is 9.62. The van der Waals surface area contributed by atoms with E-state index >= 15 is 0 Å². The van der Waals surface area contributed by atoms with Gasteiger partial charge in [0, 0.05) is 24.4 Å². The van der Waals surface area contributed by atoms with Gasteiger partial charge in [0.25, 0.3) is 0 Å². The average Bonchev–Trinajstić information content (AvgIpc) is 2.91. The second-order valence-electron chi connectivity index (χ2n) is 3.73. The second kappa shape index (κ2) is 7.63. The van der Waals surface area contributed by atoms with Gasteiger partial charge < -0.3 is 19.5 Å². The zero-order valence-corrected chi connectivity index (χ0v) is 11.7. The van der Waals surface area contributed by atoms with Gasteiger partial charge in [-0.15, -0.1) is 11.3 Å². The van der Waals surface area contributed by atoms with Crippen molar-refractivity contribution in [3.05, 3.63) is 22.4 Å². The number of carbonyl (C=O) groups excluding carboxylic acids is 1. The number of thiophene rings is 1. The lowest BCUT2D eigenvalue weighted by Gasteiger charge is -2.21. The van der Waals surface area contributed by atoms with E-state index in [-0.39, 0.29) is 0 Å². The maximum Gasteiger partial charge on any atom is 0.508 e. The van der Waals surface area contributed by atoms with Crippen LogP contribution in [0.3, 0.4) is 0 Å². The highest BCUT2D eigenvalue weighted by Gasteiger charge is 2.20. The molecule has 19 heavy (non-hydrogen) atoms. The van der Waals surface area contributed by atoms with E-state index in [2.05, 4.69) is 4.74 Å². The largest absolute Gasteiger partial charge is 0.508 e. The highest BCUT2D eigenvalue weighted by Crippen LogP contribution is 2.26. The van der Waals surface area contributed by atoms with Gasteiger partial charge in [-0.1, -0.05) is 6.07 Å². The van der Waals surface area contributed by atoms with Crippen LogP contribution in [-0.2, 0) is 9.47 Å². The minimum absolute atomic E-state index is 0.297. The minimum atomic E-state index is -0.981. The zero-order chi connectivity index (χ0) is 14.3. The Morgan fingerprint density at radius 3 is 2.74 bits per heavy atom. The summed E-state index contributed by atoms with van der Waals surface area (Å²) in [6, 6.07) is 3.69. The summed E-state index contributed by atoms with van der Waals surface area (Å²) in [5.74, 6) is 0. The van der Waals surface area contributed by atoms with Crippen molar-refractivity contribution in [2.45, 2.75) is 19.4 Å². The van der Waals surface area contributed by atoms with Gasteiger partial charge in [0.15, 0.2) is 0 Å². The lowest BCUT2D eigenvalue weighted by atomic mass is 10.2. The molecule has 6 nitrogen and oxygen atoms in total. The molecule has 0 saturated heterocycles. The fraction of sp³-hybridized carbons (Fsp3) is 0.500. The number of hydrogen-bond acceptors (Lipinski definition) is 5. The Labute approximate surface area is 115 Å². The third kappa shape index (κ3) is 4.78. The van der Waals surface area contributed by atoms with Crippen LogP contribution in [0.2, 0.25) is 0 Å². The van der Waals surface area contributed by atoms with Gasteiger partial charge in [-0.05, 0) is 18.4 Å². The van der Waals surface area contributed by atoms with Gasteiger partial charge in [-0.25, -0.2) is 9.59 Å². The lowest BCUT2D eigenvalue weighted by molar-refractivity contribution is 0.0310. The maximum atomic E-state index is 11.2. The first-order valence-corrected chi connectivity index (χ1v) is 6.72.